The lowest BCUT2D eigenvalue weighted by Crippen LogP contribution is -2.30. The first-order valence-electron chi connectivity index (χ1n) is 9.29. The average Bonchev–Trinajstić information content (AvgIpc) is 3.04. The number of imidazole rings is 1. The van der Waals surface area contributed by atoms with E-state index in [-0.39, 0.29) is 18.2 Å². The van der Waals surface area contributed by atoms with Crippen molar-refractivity contribution in [2.24, 2.45) is 0 Å². The Labute approximate surface area is 157 Å². The predicted molar refractivity (Wildman–Crippen MR) is 106 cm³/mol. The van der Waals surface area contributed by atoms with E-state index in [1.54, 1.807) is 0 Å². The van der Waals surface area contributed by atoms with Gasteiger partial charge in [-0.1, -0.05) is 25.1 Å². The Hall–Kier alpha value is -3.15. The van der Waals surface area contributed by atoms with Gasteiger partial charge in [0.05, 0.1) is 17.0 Å². The monoisotopic (exact) mass is 362 g/mol. The van der Waals surface area contributed by atoms with Gasteiger partial charge in [0, 0.05) is 30.8 Å². The molecule has 138 valence electrons. The Morgan fingerprint density at radius 3 is 2.85 bits per heavy atom. The van der Waals surface area contributed by atoms with Gasteiger partial charge in [0.2, 0.25) is 11.8 Å². The molecule has 2 amide bonds. The number of rotatable bonds is 4. The third kappa shape index (κ3) is 3.07. The molecule has 0 spiro atoms. The molecule has 1 aliphatic rings. The molecule has 0 bridgehead atoms. The van der Waals surface area contributed by atoms with E-state index in [4.69, 9.17) is 0 Å². The lowest BCUT2D eigenvalue weighted by molar-refractivity contribution is -0.123. The lowest BCUT2D eigenvalue weighted by Gasteiger charge is -2.24. The molecule has 2 heterocycles. The largest absolute Gasteiger partial charge is 0.328 e. The van der Waals surface area contributed by atoms with Crippen LogP contribution in [0, 0.1) is 0 Å². The number of para-hydroxylation sites is 1. The second-order valence-corrected chi connectivity index (χ2v) is 6.71. The van der Waals surface area contributed by atoms with Gasteiger partial charge in [-0.25, -0.2) is 4.98 Å². The van der Waals surface area contributed by atoms with Crippen LogP contribution in [-0.2, 0) is 22.6 Å². The van der Waals surface area contributed by atoms with E-state index < -0.39 is 5.92 Å². The number of amides is 2. The summed E-state index contributed by atoms with van der Waals surface area (Å²) in [7, 11) is 0. The molecular formula is C21H22N4O2. The molecule has 0 fully saturated rings. The Bertz CT molecular complexity index is 1040. The van der Waals surface area contributed by atoms with Crippen LogP contribution in [0.2, 0.25) is 0 Å². The van der Waals surface area contributed by atoms with Gasteiger partial charge in [0.25, 0.3) is 0 Å². The van der Waals surface area contributed by atoms with Crippen LogP contribution in [0.3, 0.4) is 0 Å². The standard InChI is InChI=1S/C21H22N4O2/c1-3-19-23-17-11-13(9-10-18(17)25(19)4-2)22-21(27)15-12-20(26)24-16-8-6-5-7-14(15)16/h5-11,15H,3-4,12H2,1-2H3,(H,22,27)(H,24,26). The summed E-state index contributed by atoms with van der Waals surface area (Å²) in [6.07, 6.45) is 1.01. The van der Waals surface area contributed by atoms with Gasteiger partial charge in [-0.2, -0.15) is 0 Å². The van der Waals surface area contributed by atoms with E-state index in [2.05, 4.69) is 34.0 Å². The molecule has 4 rings (SSSR count). The Balaban J connectivity index is 1.62. The summed E-state index contributed by atoms with van der Waals surface area (Å²) in [5, 5.41) is 5.78. The van der Waals surface area contributed by atoms with Crippen molar-refractivity contribution in [2.45, 2.75) is 39.2 Å². The molecule has 2 aromatic carbocycles. The molecular weight excluding hydrogens is 340 g/mol. The number of benzene rings is 2. The molecule has 1 aromatic heterocycles. The maximum Gasteiger partial charge on any atom is 0.232 e. The topological polar surface area (TPSA) is 76.0 Å². The minimum Gasteiger partial charge on any atom is -0.328 e. The maximum atomic E-state index is 12.9. The summed E-state index contributed by atoms with van der Waals surface area (Å²) in [5.41, 5.74) is 4.18. The van der Waals surface area contributed by atoms with Crippen molar-refractivity contribution in [3.05, 3.63) is 53.9 Å². The quantitative estimate of drug-likeness (QED) is 0.743. The Morgan fingerprint density at radius 2 is 2.07 bits per heavy atom. The molecule has 1 atom stereocenters. The number of fused-ring (bicyclic) bond motifs is 2. The van der Waals surface area contributed by atoms with Crippen molar-refractivity contribution in [3.8, 4) is 0 Å². The molecule has 0 saturated heterocycles. The van der Waals surface area contributed by atoms with Gasteiger partial charge < -0.3 is 15.2 Å². The molecule has 0 saturated carbocycles. The van der Waals surface area contributed by atoms with Crippen LogP contribution >= 0.6 is 0 Å². The normalized spacial score (nSPS) is 16.1. The van der Waals surface area contributed by atoms with Crippen molar-refractivity contribution in [2.75, 3.05) is 10.6 Å². The fourth-order valence-corrected chi connectivity index (χ4v) is 3.75. The Morgan fingerprint density at radius 1 is 1.26 bits per heavy atom. The highest BCUT2D eigenvalue weighted by Gasteiger charge is 2.30. The summed E-state index contributed by atoms with van der Waals surface area (Å²) in [6, 6.07) is 13.2. The van der Waals surface area contributed by atoms with E-state index in [1.807, 2.05) is 42.5 Å². The van der Waals surface area contributed by atoms with E-state index in [0.717, 1.165) is 35.4 Å². The van der Waals surface area contributed by atoms with Crippen molar-refractivity contribution in [1.29, 1.82) is 0 Å². The van der Waals surface area contributed by atoms with Crippen LogP contribution in [0.5, 0.6) is 0 Å². The maximum absolute atomic E-state index is 12.9. The second kappa shape index (κ2) is 6.87. The first-order valence-corrected chi connectivity index (χ1v) is 9.29. The lowest BCUT2D eigenvalue weighted by atomic mass is 9.90. The molecule has 6 nitrogen and oxygen atoms in total. The van der Waals surface area contributed by atoms with Crippen molar-refractivity contribution >= 4 is 34.2 Å². The zero-order valence-corrected chi connectivity index (χ0v) is 15.5. The zero-order chi connectivity index (χ0) is 19.0. The van der Waals surface area contributed by atoms with E-state index >= 15 is 0 Å². The fraction of sp³-hybridized carbons (Fsp3) is 0.286. The average molecular weight is 362 g/mol. The Kier molecular flexibility index (Phi) is 4.39. The second-order valence-electron chi connectivity index (χ2n) is 6.71. The highest BCUT2D eigenvalue weighted by molar-refractivity contribution is 6.05. The third-order valence-corrected chi connectivity index (χ3v) is 5.04. The SMILES string of the molecule is CCc1nc2cc(NC(=O)C3CC(=O)Nc4ccccc43)ccc2n1CC. The van der Waals surface area contributed by atoms with Crippen molar-refractivity contribution in [3.63, 3.8) is 0 Å². The van der Waals surface area contributed by atoms with Crippen molar-refractivity contribution in [1.82, 2.24) is 9.55 Å². The first-order chi connectivity index (χ1) is 13.1. The van der Waals surface area contributed by atoms with Crippen LogP contribution < -0.4 is 10.6 Å². The number of aryl methyl sites for hydroxylation is 2. The minimum absolute atomic E-state index is 0.140. The number of hydrogen-bond acceptors (Lipinski definition) is 3. The number of carbonyl (C=O) groups excluding carboxylic acids is 2. The highest BCUT2D eigenvalue weighted by Crippen LogP contribution is 2.33. The predicted octanol–water partition coefficient (Wildman–Crippen LogP) is 3.68. The van der Waals surface area contributed by atoms with Gasteiger partial charge in [-0.05, 0) is 36.8 Å². The van der Waals surface area contributed by atoms with Gasteiger partial charge >= 0.3 is 0 Å². The van der Waals surface area contributed by atoms with Gasteiger partial charge in [0.1, 0.15) is 5.82 Å². The number of nitrogens with zero attached hydrogens (tertiary/aromatic N) is 2. The molecule has 6 heteroatoms. The van der Waals surface area contributed by atoms with E-state index in [1.165, 1.54) is 0 Å². The summed E-state index contributed by atoms with van der Waals surface area (Å²) >= 11 is 0. The molecule has 3 aromatic rings. The molecule has 1 aliphatic heterocycles. The fourth-order valence-electron chi connectivity index (χ4n) is 3.75. The number of hydrogen-bond donors (Lipinski definition) is 2. The molecule has 0 aliphatic carbocycles. The summed E-state index contributed by atoms with van der Waals surface area (Å²) in [6.45, 7) is 5.04. The van der Waals surface area contributed by atoms with Gasteiger partial charge in [-0.3, -0.25) is 9.59 Å². The smallest absolute Gasteiger partial charge is 0.232 e. The van der Waals surface area contributed by atoms with Crippen molar-refractivity contribution < 1.29 is 9.59 Å². The van der Waals surface area contributed by atoms with Crippen LogP contribution in [-0.4, -0.2) is 21.4 Å². The molecule has 27 heavy (non-hydrogen) atoms. The number of nitrogens with one attached hydrogen (secondary N) is 2. The van der Waals surface area contributed by atoms with Gasteiger partial charge in [0.15, 0.2) is 0 Å². The number of anilines is 2. The minimum atomic E-state index is -0.495. The molecule has 0 radical (unpaired) electrons. The summed E-state index contributed by atoms with van der Waals surface area (Å²) < 4.78 is 2.18. The van der Waals surface area contributed by atoms with Crippen LogP contribution in [0.25, 0.3) is 11.0 Å². The molecule has 1 unspecified atom stereocenters. The van der Waals surface area contributed by atoms with Gasteiger partial charge in [-0.15, -0.1) is 0 Å². The van der Waals surface area contributed by atoms with Crippen LogP contribution in [0.4, 0.5) is 11.4 Å². The number of carbonyl (C=O) groups is 2. The van der Waals surface area contributed by atoms with E-state index in [9.17, 15) is 9.59 Å². The summed E-state index contributed by atoms with van der Waals surface area (Å²) in [5.74, 6) is 0.222. The highest BCUT2D eigenvalue weighted by atomic mass is 16.2. The van der Waals surface area contributed by atoms with E-state index in [0.29, 0.717) is 11.4 Å². The third-order valence-electron chi connectivity index (χ3n) is 5.04. The summed E-state index contributed by atoms with van der Waals surface area (Å²) in [4.78, 5) is 29.5. The zero-order valence-electron chi connectivity index (χ0n) is 15.5. The number of aromatic nitrogens is 2. The molecule has 2 N–H and O–H groups in total. The van der Waals surface area contributed by atoms with Crippen LogP contribution in [0.1, 0.15) is 37.6 Å². The van der Waals surface area contributed by atoms with Crippen LogP contribution in [0.15, 0.2) is 42.5 Å². The first kappa shape index (κ1) is 17.3.